The van der Waals surface area contributed by atoms with Gasteiger partial charge >= 0.3 is 14.2 Å². The van der Waals surface area contributed by atoms with Gasteiger partial charge in [-0.15, -0.1) is 0 Å². The summed E-state index contributed by atoms with van der Waals surface area (Å²) in [5.74, 6) is -0.440. The fourth-order valence-electron chi connectivity index (χ4n) is 0.311. The Hall–Kier alpha value is -0.420. The molecule has 0 heterocycles. The van der Waals surface area contributed by atoms with Crippen molar-refractivity contribution in [2.24, 2.45) is 0 Å². The van der Waals surface area contributed by atoms with Gasteiger partial charge in [-0.1, -0.05) is 0 Å². The number of hydrogen-bond acceptors (Lipinski definition) is 5. The molecule has 0 fully saturated rings. The quantitative estimate of drug-likeness (QED) is 0.211. The zero-order chi connectivity index (χ0) is 8.69. The predicted octanol–water partition coefficient (Wildman–Crippen LogP) is -0.120. The van der Waals surface area contributed by atoms with E-state index in [-0.39, 0.29) is 13.2 Å². The minimum Gasteiger partial charge on any atom is -0.463 e. The van der Waals surface area contributed by atoms with Crippen LogP contribution in [0.15, 0.2) is 0 Å². The molecule has 0 amide bonds. The molecule has 1 N–H and O–H groups in total. The summed E-state index contributed by atoms with van der Waals surface area (Å²) in [4.78, 5) is 22.3. The molecule has 0 saturated carbocycles. The van der Waals surface area contributed by atoms with E-state index in [1.54, 1.807) is 0 Å². The van der Waals surface area contributed by atoms with Crippen LogP contribution < -0.4 is 0 Å². The SMILES string of the molecule is CC(=O)OCCOO[PH](=O)O. The summed E-state index contributed by atoms with van der Waals surface area (Å²) in [6.45, 7) is 1.19. The Labute approximate surface area is 63.9 Å². The van der Waals surface area contributed by atoms with Crippen molar-refractivity contribution in [3.63, 3.8) is 0 Å². The van der Waals surface area contributed by atoms with E-state index >= 15 is 0 Å². The molecule has 7 heteroatoms. The van der Waals surface area contributed by atoms with Gasteiger partial charge in [0, 0.05) is 6.92 Å². The second-order valence-corrected chi connectivity index (χ2v) is 2.21. The lowest BCUT2D eigenvalue weighted by Gasteiger charge is -2.00. The van der Waals surface area contributed by atoms with Crippen molar-refractivity contribution in [2.45, 2.75) is 6.92 Å². The van der Waals surface area contributed by atoms with E-state index in [1.807, 2.05) is 0 Å². The number of rotatable bonds is 5. The van der Waals surface area contributed by atoms with Crippen molar-refractivity contribution in [1.29, 1.82) is 0 Å². The largest absolute Gasteiger partial charge is 0.463 e. The maximum absolute atomic E-state index is 10.1. The Morgan fingerprint density at radius 3 is 2.64 bits per heavy atom. The lowest BCUT2D eigenvalue weighted by atomic mass is 10.7. The van der Waals surface area contributed by atoms with E-state index in [4.69, 9.17) is 4.89 Å². The molecular weight excluding hydrogens is 175 g/mol. The normalized spacial score (nSPS) is 12.5. The number of carbonyl (C=O) groups is 1. The van der Waals surface area contributed by atoms with Crippen molar-refractivity contribution in [3.8, 4) is 0 Å². The Balaban J connectivity index is 3.03. The molecule has 0 saturated heterocycles. The Kier molecular flexibility index (Phi) is 6.06. The first kappa shape index (κ1) is 10.6. The molecule has 66 valence electrons. The van der Waals surface area contributed by atoms with Gasteiger partial charge in [0.15, 0.2) is 0 Å². The Morgan fingerprint density at radius 2 is 2.18 bits per heavy atom. The molecule has 0 bridgehead atoms. The standard InChI is InChI=1S/C4H9O6P/c1-4(5)8-2-3-9-10-11(6)7/h11H,2-3H2,1H3,(H,6,7). The van der Waals surface area contributed by atoms with Gasteiger partial charge in [-0.05, 0) is 0 Å². The van der Waals surface area contributed by atoms with Gasteiger partial charge in [0.25, 0.3) is 0 Å². The summed E-state index contributed by atoms with van der Waals surface area (Å²) in [7, 11) is -3.05. The van der Waals surface area contributed by atoms with Crippen LogP contribution in [0.3, 0.4) is 0 Å². The summed E-state index contributed by atoms with van der Waals surface area (Å²) < 4.78 is 18.1. The van der Waals surface area contributed by atoms with Crippen LogP contribution in [-0.4, -0.2) is 24.1 Å². The molecule has 0 aromatic carbocycles. The maximum atomic E-state index is 10.1. The van der Waals surface area contributed by atoms with E-state index in [1.165, 1.54) is 6.92 Å². The highest BCUT2D eigenvalue weighted by molar-refractivity contribution is 7.31. The number of carbonyl (C=O) groups excluding carboxylic acids is 1. The minimum atomic E-state index is -3.05. The zero-order valence-corrected chi connectivity index (χ0v) is 6.90. The number of ether oxygens (including phenoxy) is 1. The smallest absolute Gasteiger partial charge is 0.344 e. The Bertz CT molecular complexity index is 130. The lowest BCUT2D eigenvalue weighted by molar-refractivity contribution is -0.215. The molecule has 0 spiro atoms. The van der Waals surface area contributed by atoms with Gasteiger partial charge in [-0.2, -0.15) is 4.67 Å². The van der Waals surface area contributed by atoms with Crippen molar-refractivity contribution in [1.82, 2.24) is 0 Å². The summed E-state index contributed by atoms with van der Waals surface area (Å²) >= 11 is 0. The number of esters is 1. The molecule has 0 aromatic heterocycles. The summed E-state index contributed by atoms with van der Waals surface area (Å²) in [5, 5.41) is 0. The van der Waals surface area contributed by atoms with E-state index in [0.717, 1.165) is 0 Å². The first-order chi connectivity index (χ1) is 5.13. The summed E-state index contributed by atoms with van der Waals surface area (Å²) in [6.07, 6.45) is 0. The number of hydrogen-bond donors (Lipinski definition) is 1. The van der Waals surface area contributed by atoms with Crippen LogP contribution >= 0.6 is 8.25 Å². The fourth-order valence-corrected chi connectivity index (χ4v) is 0.496. The summed E-state index contributed by atoms with van der Waals surface area (Å²) in [6, 6.07) is 0. The molecule has 1 unspecified atom stereocenters. The van der Waals surface area contributed by atoms with Crippen LogP contribution in [0, 0.1) is 0 Å². The van der Waals surface area contributed by atoms with Crippen molar-refractivity contribution < 1.29 is 28.6 Å². The average molecular weight is 184 g/mol. The predicted molar refractivity (Wildman–Crippen MR) is 34.9 cm³/mol. The second-order valence-electron chi connectivity index (χ2n) is 1.51. The van der Waals surface area contributed by atoms with Crippen LogP contribution in [-0.2, 0) is 23.7 Å². The first-order valence-corrected chi connectivity index (χ1v) is 4.05. The maximum Gasteiger partial charge on any atom is 0.344 e. The summed E-state index contributed by atoms with van der Waals surface area (Å²) in [5.41, 5.74) is 0. The molecule has 11 heavy (non-hydrogen) atoms. The van der Waals surface area contributed by atoms with E-state index in [2.05, 4.69) is 14.3 Å². The van der Waals surface area contributed by atoms with E-state index in [9.17, 15) is 9.36 Å². The molecule has 0 aromatic rings. The van der Waals surface area contributed by atoms with Crippen molar-refractivity contribution in [3.05, 3.63) is 0 Å². The second kappa shape index (κ2) is 6.30. The van der Waals surface area contributed by atoms with Crippen molar-refractivity contribution in [2.75, 3.05) is 13.2 Å². The third kappa shape index (κ3) is 9.58. The zero-order valence-electron chi connectivity index (χ0n) is 5.90. The van der Waals surface area contributed by atoms with E-state index in [0.29, 0.717) is 0 Å². The van der Waals surface area contributed by atoms with Gasteiger partial charge in [0.2, 0.25) is 0 Å². The lowest BCUT2D eigenvalue weighted by Crippen LogP contribution is -2.06. The van der Waals surface area contributed by atoms with Crippen LogP contribution in [0.2, 0.25) is 0 Å². The minimum absolute atomic E-state index is 0.00444. The first-order valence-electron chi connectivity index (χ1n) is 2.78. The monoisotopic (exact) mass is 184 g/mol. The van der Waals surface area contributed by atoms with Gasteiger partial charge in [0.1, 0.15) is 13.2 Å². The van der Waals surface area contributed by atoms with Gasteiger partial charge in [-0.25, -0.2) is 4.89 Å². The highest BCUT2D eigenvalue weighted by atomic mass is 31.1. The van der Waals surface area contributed by atoms with Gasteiger partial charge in [-0.3, -0.25) is 9.36 Å². The average Bonchev–Trinajstić information content (AvgIpc) is 1.85. The fraction of sp³-hybridized carbons (Fsp3) is 0.750. The van der Waals surface area contributed by atoms with Crippen molar-refractivity contribution >= 4 is 14.2 Å². The molecule has 0 rings (SSSR count). The van der Waals surface area contributed by atoms with Crippen LogP contribution in [0.4, 0.5) is 0 Å². The van der Waals surface area contributed by atoms with E-state index < -0.39 is 14.2 Å². The molecule has 0 radical (unpaired) electrons. The molecule has 0 aliphatic heterocycles. The molecular formula is C4H9O6P. The van der Waals surface area contributed by atoms with Gasteiger partial charge in [0.05, 0.1) is 0 Å². The van der Waals surface area contributed by atoms with Crippen LogP contribution in [0.25, 0.3) is 0 Å². The molecule has 1 atom stereocenters. The third-order valence-electron chi connectivity index (χ3n) is 0.602. The topological polar surface area (TPSA) is 82.1 Å². The highest BCUT2D eigenvalue weighted by Gasteiger charge is 1.94. The van der Waals surface area contributed by atoms with Crippen LogP contribution in [0.1, 0.15) is 6.92 Å². The van der Waals surface area contributed by atoms with Gasteiger partial charge < -0.3 is 9.63 Å². The molecule has 0 aliphatic rings. The molecule has 0 aliphatic carbocycles. The third-order valence-corrected chi connectivity index (χ3v) is 0.863. The van der Waals surface area contributed by atoms with Crippen LogP contribution in [0.5, 0.6) is 0 Å². The molecule has 6 nitrogen and oxygen atoms in total. The Morgan fingerprint density at radius 1 is 1.55 bits per heavy atom. The highest BCUT2D eigenvalue weighted by Crippen LogP contribution is 2.13.